The molecule has 1 heterocycles. The smallest absolute Gasteiger partial charge is 0.315 e. The molecule has 0 bridgehead atoms. The number of ether oxygens (including phenoxy) is 1. The van der Waals surface area contributed by atoms with Crippen molar-refractivity contribution in [1.82, 2.24) is 20.4 Å². The Hall–Kier alpha value is -1.56. The van der Waals surface area contributed by atoms with Gasteiger partial charge in [-0.3, -0.25) is 4.68 Å². The third-order valence-corrected chi connectivity index (χ3v) is 6.37. The molecule has 2 N–H and O–H groups in total. The molecule has 0 saturated heterocycles. The van der Waals surface area contributed by atoms with Gasteiger partial charge in [0.2, 0.25) is 0 Å². The molecule has 0 radical (unpaired) electrons. The lowest BCUT2D eigenvalue weighted by atomic mass is 9.51. The van der Waals surface area contributed by atoms with Crippen molar-refractivity contribution >= 4 is 6.03 Å². The number of hydrogen-bond acceptors (Lipinski definition) is 3. The summed E-state index contributed by atoms with van der Waals surface area (Å²) in [6, 6.07) is 0.168. The van der Waals surface area contributed by atoms with Crippen LogP contribution in [0.4, 0.5) is 4.79 Å². The number of nitrogens with zero attached hydrogens (tertiary/aromatic N) is 2. The van der Waals surface area contributed by atoms with Gasteiger partial charge in [0.1, 0.15) is 0 Å². The van der Waals surface area contributed by atoms with E-state index in [1.165, 1.54) is 19.3 Å². The first-order chi connectivity index (χ1) is 11.9. The minimum atomic E-state index is -0.0688. The van der Waals surface area contributed by atoms with Crippen LogP contribution in [0, 0.1) is 19.3 Å². The Morgan fingerprint density at radius 2 is 2.12 bits per heavy atom. The topological polar surface area (TPSA) is 68.2 Å². The number of rotatable bonds is 6. The standard InChI is InChI=1S/C19H32N4O2/c1-6-14(17-12(3)22-23(5)13(17)4)20-18(24)21-15-11-16(25-7-2)19(15)9-8-10-19/h14-16H,6-11H2,1-5H3,(H2,20,21,24)/t14-,15-,16+/m0/s1. The van der Waals surface area contributed by atoms with E-state index in [0.29, 0.717) is 6.10 Å². The largest absolute Gasteiger partial charge is 0.378 e. The molecule has 1 aromatic heterocycles. The van der Waals surface area contributed by atoms with E-state index < -0.39 is 0 Å². The number of nitrogens with one attached hydrogen (secondary N) is 2. The summed E-state index contributed by atoms with van der Waals surface area (Å²) in [6.45, 7) is 8.96. The molecule has 140 valence electrons. The van der Waals surface area contributed by atoms with E-state index in [9.17, 15) is 4.79 Å². The second kappa shape index (κ2) is 6.98. The van der Waals surface area contributed by atoms with E-state index in [2.05, 4.69) is 29.6 Å². The van der Waals surface area contributed by atoms with Crippen molar-refractivity contribution in [3.8, 4) is 0 Å². The molecule has 1 spiro atoms. The fraction of sp³-hybridized carbons (Fsp3) is 0.789. The van der Waals surface area contributed by atoms with E-state index in [0.717, 1.165) is 36.4 Å². The monoisotopic (exact) mass is 348 g/mol. The van der Waals surface area contributed by atoms with E-state index in [-0.39, 0.29) is 23.5 Å². The lowest BCUT2D eigenvalue weighted by Crippen LogP contribution is -2.68. The average Bonchev–Trinajstić information content (AvgIpc) is 2.75. The van der Waals surface area contributed by atoms with Gasteiger partial charge in [0, 0.05) is 36.4 Å². The Morgan fingerprint density at radius 3 is 2.60 bits per heavy atom. The highest BCUT2D eigenvalue weighted by Crippen LogP contribution is 2.57. The van der Waals surface area contributed by atoms with E-state index in [1.54, 1.807) is 0 Å². The van der Waals surface area contributed by atoms with Gasteiger partial charge in [-0.15, -0.1) is 0 Å². The Morgan fingerprint density at radius 1 is 1.40 bits per heavy atom. The van der Waals surface area contributed by atoms with Gasteiger partial charge in [-0.25, -0.2) is 4.79 Å². The van der Waals surface area contributed by atoms with Crippen LogP contribution in [0.2, 0.25) is 0 Å². The predicted octanol–water partition coefficient (Wildman–Crippen LogP) is 3.13. The third kappa shape index (κ3) is 3.05. The van der Waals surface area contributed by atoms with Crippen molar-refractivity contribution in [2.75, 3.05) is 6.61 Å². The van der Waals surface area contributed by atoms with Gasteiger partial charge in [0.05, 0.1) is 17.8 Å². The molecule has 2 saturated carbocycles. The number of carbonyl (C=O) groups excluding carboxylic acids is 1. The first-order valence-electron chi connectivity index (χ1n) is 9.61. The average molecular weight is 348 g/mol. The fourth-order valence-electron chi connectivity index (χ4n) is 4.67. The molecule has 0 aliphatic heterocycles. The van der Waals surface area contributed by atoms with Gasteiger partial charge in [0.25, 0.3) is 0 Å². The molecule has 3 rings (SSSR count). The SMILES string of the molecule is CCO[C@@H]1C[C@H](NC(=O)N[C@@H](CC)c2c(C)nn(C)c2C)C12CCC2. The highest BCUT2D eigenvalue weighted by atomic mass is 16.5. The maximum absolute atomic E-state index is 12.6. The number of amides is 2. The number of urea groups is 1. The van der Waals surface area contributed by atoms with E-state index >= 15 is 0 Å². The minimum absolute atomic E-state index is 0.00574. The van der Waals surface area contributed by atoms with Crippen LogP contribution in [-0.2, 0) is 11.8 Å². The number of hydrogen-bond donors (Lipinski definition) is 2. The minimum Gasteiger partial charge on any atom is -0.378 e. The van der Waals surface area contributed by atoms with E-state index in [1.807, 2.05) is 25.6 Å². The molecule has 6 nitrogen and oxygen atoms in total. The van der Waals surface area contributed by atoms with Crippen molar-refractivity contribution in [3.63, 3.8) is 0 Å². The number of aromatic nitrogens is 2. The van der Waals surface area contributed by atoms with Crippen LogP contribution in [0.1, 0.15) is 68.9 Å². The Kier molecular flexibility index (Phi) is 5.09. The van der Waals surface area contributed by atoms with Gasteiger partial charge >= 0.3 is 6.03 Å². The number of aryl methyl sites for hydroxylation is 2. The van der Waals surface area contributed by atoms with Crippen LogP contribution in [0.3, 0.4) is 0 Å². The van der Waals surface area contributed by atoms with Gasteiger partial charge in [-0.2, -0.15) is 5.10 Å². The Labute approximate surface area is 150 Å². The van der Waals surface area contributed by atoms with Crippen molar-refractivity contribution in [1.29, 1.82) is 0 Å². The van der Waals surface area contributed by atoms with Crippen LogP contribution in [0.5, 0.6) is 0 Å². The molecule has 25 heavy (non-hydrogen) atoms. The van der Waals surface area contributed by atoms with Crippen LogP contribution < -0.4 is 10.6 Å². The summed E-state index contributed by atoms with van der Waals surface area (Å²) in [7, 11) is 1.95. The van der Waals surface area contributed by atoms with Crippen LogP contribution >= 0.6 is 0 Å². The molecule has 2 amide bonds. The molecule has 2 aliphatic carbocycles. The zero-order valence-corrected chi connectivity index (χ0v) is 16.2. The molecule has 2 fully saturated rings. The van der Waals surface area contributed by atoms with Crippen molar-refractivity contribution in [2.24, 2.45) is 12.5 Å². The van der Waals surface area contributed by atoms with Gasteiger partial charge in [-0.1, -0.05) is 13.3 Å². The lowest BCUT2D eigenvalue weighted by Gasteiger charge is -2.60. The van der Waals surface area contributed by atoms with Gasteiger partial charge in [0.15, 0.2) is 0 Å². The summed E-state index contributed by atoms with van der Waals surface area (Å²) in [6.07, 6.45) is 5.68. The first kappa shape index (κ1) is 18.2. The summed E-state index contributed by atoms with van der Waals surface area (Å²) >= 11 is 0. The van der Waals surface area contributed by atoms with Gasteiger partial charge in [-0.05, 0) is 46.5 Å². The summed E-state index contributed by atoms with van der Waals surface area (Å²) < 4.78 is 7.75. The lowest BCUT2D eigenvalue weighted by molar-refractivity contribution is -0.169. The maximum atomic E-state index is 12.6. The van der Waals surface area contributed by atoms with E-state index in [4.69, 9.17) is 4.74 Å². The number of carbonyl (C=O) groups is 1. The highest BCUT2D eigenvalue weighted by molar-refractivity contribution is 5.75. The van der Waals surface area contributed by atoms with Gasteiger partial charge < -0.3 is 15.4 Å². The summed E-state index contributed by atoms with van der Waals surface area (Å²) in [5.41, 5.74) is 3.43. The van der Waals surface area contributed by atoms with Crippen molar-refractivity contribution in [2.45, 2.75) is 78.0 Å². The van der Waals surface area contributed by atoms with Crippen LogP contribution in [0.25, 0.3) is 0 Å². The predicted molar refractivity (Wildman–Crippen MR) is 97.5 cm³/mol. The first-order valence-corrected chi connectivity index (χ1v) is 9.61. The molecule has 6 heteroatoms. The highest BCUT2D eigenvalue weighted by Gasteiger charge is 2.59. The molecular formula is C19H32N4O2. The molecule has 0 aromatic carbocycles. The third-order valence-electron chi connectivity index (χ3n) is 6.37. The van der Waals surface area contributed by atoms with Crippen molar-refractivity contribution in [3.05, 3.63) is 17.0 Å². The van der Waals surface area contributed by atoms with Crippen molar-refractivity contribution < 1.29 is 9.53 Å². The van der Waals surface area contributed by atoms with Crippen LogP contribution in [0.15, 0.2) is 0 Å². The maximum Gasteiger partial charge on any atom is 0.315 e. The zero-order chi connectivity index (χ0) is 18.2. The molecule has 1 aromatic rings. The summed E-state index contributed by atoms with van der Waals surface area (Å²) in [5, 5.41) is 10.9. The Balaban J connectivity index is 1.62. The summed E-state index contributed by atoms with van der Waals surface area (Å²) in [5.74, 6) is 0. The molecule has 3 atom stereocenters. The second-order valence-corrected chi connectivity index (χ2v) is 7.61. The second-order valence-electron chi connectivity index (χ2n) is 7.61. The quantitative estimate of drug-likeness (QED) is 0.830. The normalized spacial score (nSPS) is 25.2. The Bertz CT molecular complexity index is 636. The fourth-order valence-corrected chi connectivity index (χ4v) is 4.67. The molecule has 0 unspecified atom stereocenters. The summed E-state index contributed by atoms with van der Waals surface area (Å²) in [4.78, 5) is 12.6. The molecule has 2 aliphatic rings. The van der Waals surface area contributed by atoms with Crippen LogP contribution in [-0.4, -0.2) is 34.6 Å². The zero-order valence-electron chi connectivity index (χ0n) is 16.2. The molecular weight excluding hydrogens is 316 g/mol.